The van der Waals surface area contributed by atoms with Gasteiger partial charge in [-0.1, -0.05) is 26.0 Å². The Morgan fingerprint density at radius 1 is 1.44 bits per heavy atom. The summed E-state index contributed by atoms with van der Waals surface area (Å²) in [5, 5.41) is 15.4. The molecule has 0 aliphatic rings. The Labute approximate surface area is 108 Å². The van der Waals surface area contributed by atoms with Crippen molar-refractivity contribution in [2.75, 3.05) is 11.9 Å². The van der Waals surface area contributed by atoms with E-state index in [1.165, 1.54) is 0 Å². The number of aryl methyl sites for hydroxylation is 1. The number of amides is 2. The van der Waals surface area contributed by atoms with Crippen LogP contribution in [-0.2, 0) is 0 Å². The number of hydrogen-bond acceptors (Lipinski definition) is 2. The summed E-state index contributed by atoms with van der Waals surface area (Å²) in [6.45, 7) is 7.74. The summed E-state index contributed by atoms with van der Waals surface area (Å²) in [5.74, 6) is 0.0803. The Hall–Kier alpha value is -1.55. The first-order chi connectivity index (χ1) is 8.31. The molecule has 0 bridgehead atoms. The lowest BCUT2D eigenvalue weighted by Gasteiger charge is -2.27. The van der Waals surface area contributed by atoms with Crippen LogP contribution in [-0.4, -0.2) is 23.3 Å². The van der Waals surface area contributed by atoms with Crippen LogP contribution in [0.15, 0.2) is 24.3 Å². The molecule has 0 spiro atoms. The van der Waals surface area contributed by atoms with Crippen LogP contribution < -0.4 is 10.6 Å². The van der Waals surface area contributed by atoms with E-state index in [1.54, 1.807) is 6.92 Å². The minimum absolute atomic E-state index is 0.0803. The van der Waals surface area contributed by atoms with Crippen LogP contribution in [0.2, 0.25) is 0 Å². The molecule has 0 fully saturated rings. The molecule has 0 saturated heterocycles. The van der Waals surface area contributed by atoms with E-state index in [9.17, 15) is 9.90 Å². The Kier molecular flexibility index (Phi) is 4.73. The molecule has 0 aromatic heterocycles. The van der Waals surface area contributed by atoms with Gasteiger partial charge in [-0.15, -0.1) is 0 Å². The Morgan fingerprint density at radius 2 is 2.11 bits per heavy atom. The quantitative estimate of drug-likeness (QED) is 0.769. The summed E-state index contributed by atoms with van der Waals surface area (Å²) < 4.78 is 0. The first-order valence-corrected chi connectivity index (χ1v) is 6.15. The third-order valence-corrected chi connectivity index (χ3v) is 3.13. The Balaban J connectivity index is 2.48. The van der Waals surface area contributed by atoms with Crippen molar-refractivity contribution >= 4 is 11.7 Å². The van der Waals surface area contributed by atoms with Crippen LogP contribution in [0.4, 0.5) is 10.5 Å². The maximum absolute atomic E-state index is 11.7. The summed E-state index contributed by atoms with van der Waals surface area (Å²) in [7, 11) is 0. The van der Waals surface area contributed by atoms with Gasteiger partial charge in [0.1, 0.15) is 0 Å². The van der Waals surface area contributed by atoms with Gasteiger partial charge in [-0.05, 0) is 37.5 Å². The number of carbonyl (C=O) groups is 1. The van der Waals surface area contributed by atoms with Gasteiger partial charge in [-0.3, -0.25) is 0 Å². The maximum Gasteiger partial charge on any atom is 0.319 e. The zero-order valence-electron chi connectivity index (χ0n) is 11.4. The summed E-state index contributed by atoms with van der Waals surface area (Å²) in [6, 6.07) is 7.26. The summed E-state index contributed by atoms with van der Waals surface area (Å²) in [5.41, 5.74) is 0.933. The van der Waals surface area contributed by atoms with Crippen molar-refractivity contribution < 1.29 is 9.90 Å². The lowest BCUT2D eigenvalue weighted by Crippen LogP contribution is -2.45. The molecule has 4 nitrogen and oxygen atoms in total. The SMILES string of the molecule is Cc1cccc(NC(=O)NCC(C)(O)C(C)C)c1. The minimum Gasteiger partial charge on any atom is -0.388 e. The van der Waals surface area contributed by atoms with Crippen molar-refractivity contribution in [3.63, 3.8) is 0 Å². The predicted octanol–water partition coefficient (Wildman–Crippen LogP) is 2.52. The first kappa shape index (κ1) is 14.5. The van der Waals surface area contributed by atoms with Gasteiger partial charge in [0.25, 0.3) is 0 Å². The van der Waals surface area contributed by atoms with E-state index in [4.69, 9.17) is 0 Å². The van der Waals surface area contributed by atoms with Crippen molar-refractivity contribution in [2.24, 2.45) is 5.92 Å². The molecule has 0 aliphatic carbocycles. The fourth-order valence-corrected chi connectivity index (χ4v) is 1.36. The van der Waals surface area contributed by atoms with Crippen LogP contribution >= 0.6 is 0 Å². The average Bonchev–Trinajstić information content (AvgIpc) is 2.26. The summed E-state index contributed by atoms with van der Waals surface area (Å²) in [6.07, 6.45) is 0. The van der Waals surface area contributed by atoms with Crippen LogP contribution in [0, 0.1) is 12.8 Å². The van der Waals surface area contributed by atoms with Crippen molar-refractivity contribution in [3.05, 3.63) is 29.8 Å². The summed E-state index contributed by atoms with van der Waals surface area (Å²) >= 11 is 0. The molecule has 18 heavy (non-hydrogen) atoms. The third kappa shape index (κ3) is 4.37. The largest absolute Gasteiger partial charge is 0.388 e. The normalized spacial score (nSPS) is 14.1. The molecule has 1 aromatic carbocycles. The number of hydrogen-bond donors (Lipinski definition) is 3. The molecule has 100 valence electrons. The molecular formula is C14H22N2O2. The molecule has 0 heterocycles. The second-order valence-electron chi connectivity index (χ2n) is 5.19. The molecule has 1 unspecified atom stereocenters. The number of rotatable bonds is 4. The van der Waals surface area contributed by atoms with E-state index in [0.717, 1.165) is 11.3 Å². The highest BCUT2D eigenvalue weighted by atomic mass is 16.3. The first-order valence-electron chi connectivity index (χ1n) is 6.15. The Bertz CT molecular complexity index is 414. The van der Waals surface area contributed by atoms with E-state index in [1.807, 2.05) is 45.0 Å². The molecule has 2 amide bonds. The fraction of sp³-hybridized carbons (Fsp3) is 0.500. The van der Waals surface area contributed by atoms with Crippen molar-refractivity contribution in [1.29, 1.82) is 0 Å². The standard InChI is InChI=1S/C14H22N2O2/c1-10(2)14(4,18)9-15-13(17)16-12-7-5-6-11(3)8-12/h5-8,10,18H,9H2,1-4H3,(H2,15,16,17). The van der Waals surface area contributed by atoms with E-state index in [2.05, 4.69) is 10.6 Å². The number of anilines is 1. The van der Waals surface area contributed by atoms with E-state index < -0.39 is 5.60 Å². The van der Waals surface area contributed by atoms with Crippen LogP contribution in [0.1, 0.15) is 26.3 Å². The van der Waals surface area contributed by atoms with E-state index >= 15 is 0 Å². The molecule has 0 saturated carbocycles. The fourth-order valence-electron chi connectivity index (χ4n) is 1.36. The van der Waals surface area contributed by atoms with Gasteiger partial charge < -0.3 is 15.7 Å². The average molecular weight is 250 g/mol. The van der Waals surface area contributed by atoms with E-state index in [0.29, 0.717) is 0 Å². The number of carbonyl (C=O) groups excluding carboxylic acids is 1. The molecule has 4 heteroatoms. The number of aliphatic hydroxyl groups is 1. The number of benzene rings is 1. The van der Waals surface area contributed by atoms with Crippen LogP contribution in [0.3, 0.4) is 0 Å². The minimum atomic E-state index is -0.899. The van der Waals surface area contributed by atoms with Gasteiger partial charge >= 0.3 is 6.03 Å². The maximum atomic E-state index is 11.7. The lowest BCUT2D eigenvalue weighted by molar-refractivity contribution is 0.0170. The van der Waals surface area contributed by atoms with Gasteiger partial charge in [0, 0.05) is 12.2 Å². The van der Waals surface area contributed by atoms with Crippen LogP contribution in [0.5, 0.6) is 0 Å². The summed E-state index contributed by atoms with van der Waals surface area (Å²) in [4.78, 5) is 11.7. The zero-order chi connectivity index (χ0) is 13.8. The number of urea groups is 1. The molecule has 0 radical (unpaired) electrons. The molecule has 3 N–H and O–H groups in total. The molecule has 1 rings (SSSR count). The smallest absolute Gasteiger partial charge is 0.319 e. The highest BCUT2D eigenvalue weighted by molar-refractivity contribution is 5.89. The second kappa shape index (κ2) is 5.87. The predicted molar refractivity (Wildman–Crippen MR) is 73.7 cm³/mol. The topological polar surface area (TPSA) is 61.4 Å². The lowest BCUT2D eigenvalue weighted by atomic mass is 9.93. The molecule has 0 aliphatic heterocycles. The Morgan fingerprint density at radius 3 is 2.67 bits per heavy atom. The zero-order valence-corrected chi connectivity index (χ0v) is 11.4. The van der Waals surface area contributed by atoms with Crippen molar-refractivity contribution in [1.82, 2.24) is 5.32 Å². The highest BCUT2D eigenvalue weighted by Gasteiger charge is 2.25. The van der Waals surface area contributed by atoms with Gasteiger partial charge in [-0.2, -0.15) is 0 Å². The third-order valence-electron chi connectivity index (χ3n) is 3.13. The second-order valence-corrected chi connectivity index (χ2v) is 5.19. The van der Waals surface area contributed by atoms with Crippen molar-refractivity contribution in [3.8, 4) is 0 Å². The van der Waals surface area contributed by atoms with Crippen LogP contribution in [0.25, 0.3) is 0 Å². The van der Waals surface area contributed by atoms with Crippen molar-refractivity contribution in [2.45, 2.75) is 33.3 Å². The van der Waals surface area contributed by atoms with E-state index in [-0.39, 0.29) is 18.5 Å². The van der Waals surface area contributed by atoms with Gasteiger partial charge in [-0.25, -0.2) is 4.79 Å². The van der Waals surface area contributed by atoms with Gasteiger partial charge in [0.2, 0.25) is 0 Å². The van der Waals surface area contributed by atoms with Gasteiger partial charge in [0.15, 0.2) is 0 Å². The number of nitrogens with one attached hydrogen (secondary N) is 2. The molecule has 1 atom stereocenters. The molecular weight excluding hydrogens is 228 g/mol. The highest BCUT2D eigenvalue weighted by Crippen LogP contribution is 2.14. The van der Waals surface area contributed by atoms with Gasteiger partial charge in [0.05, 0.1) is 5.60 Å². The molecule has 1 aromatic rings. The monoisotopic (exact) mass is 250 g/mol.